The minimum Gasteiger partial charge on any atom is -0.463 e. The summed E-state index contributed by atoms with van der Waals surface area (Å²) in [5.41, 5.74) is -2.90. The number of thiophene rings is 1. The molecule has 6 nitrogen and oxygen atoms in total. The lowest BCUT2D eigenvalue weighted by molar-refractivity contribution is -0.207. The Balaban J connectivity index is 3.55. The number of halogens is 3. The van der Waals surface area contributed by atoms with Crippen LogP contribution in [0.5, 0.6) is 0 Å². The number of ether oxygens (including phenoxy) is 1. The summed E-state index contributed by atoms with van der Waals surface area (Å²) in [6.45, 7) is 7.82. The van der Waals surface area contributed by atoms with Crippen molar-refractivity contribution in [3.05, 3.63) is 16.0 Å². The molecule has 0 aliphatic heterocycles. The van der Waals surface area contributed by atoms with E-state index in [0.29, 0.717) is 16.9 Å². The van der Waals surface area contributed by atoms with Gasteiger partial charge >= 0.3 is 17.8 Å². The quantitative estimate of drug-likeness (QED) is 0.493. The van der Waals surface area contributed by atoms with Gasteiger partial charge in [0.15, 0.2) is 0 Å². The van der Waals surface area contributed by atoms with Gasteiger partial charge in [0, 0.05) is 11.3 Å². The fourth-order valence-corrected chi connectivity index (χ4v) is 3.79. The van der Waals surface area contributed by atoms with E-state index in [1.807, 2.05) is 6.07 Å². The fourth-order valence-electron chi connectivity index (χ4n) is 2.64. The van der Waals surface area contributed by atoms with Crippen LogP contribution >= 0.6 is 11.3 Å². The van der Waals surface area contributed by atoms with Gasteiger partial charge in [0.05, 0.1) is 12.2 Å². The number of nitrogens with one attached hydrogen (secondary N) is 2. The molecule has 1 heterocycles. The first kappa shape index (κ1) is 23.8. The standard InChI is InChI=1S/C18H24F3N3O3S/c1-6-12-11(5)28-15(13(12)9-22)24-17(18(19,20)21,16(26)27-7-2)23-14(25)8-10(3)4/h10,24H,6-8H2,1-5H3,(H,23,25)/t17-/m1/s1. The number of anilines is 1. The highest BCUT2D eigenvalue weighted by Crippen LogP contribution is 2.39. The topological polar surface area (TPSA) is 91.2 Å². The van der Waals surface area contributed by atoms with Crippen LogP contribution in [0.25, 0.3) is 0 Å². The van der Waals surface area contributed by atoms with Crippen molar-refractivity contribution in [3.63, 3.8) is 0 Å². The predicted octanol–water partition coefficient (Wildman–Crippen LogP) is 3.89. The monoisotopic (exact) mass is 419 g/mol. The van der Waals surface area contributed by atoms with Crippen molar-refractivity contribution >= 4 is 28.2 Å². The van der Waals surface area contributed by atoms with Gasteiger partial charge in [-0.15, -0.1) is 11.3 Å². The van der Waals surface area contributed by atoms with Gasteiger partial charge in [-0.25, -0.2) is 4.79 Å². The summed E-state index contributed by atoms with van der Waals surface area (Å²) < 4.78 is 46.9. The molecule has 0 fully saturated rings. The minimum atomic E-state index is -5.22. The van der Waals surface area contributed by atoms with E-state index in [2.05, 4.69) is 10.1 Å². The number of nitriles is 1. The van der Waals surface area contributed by atoms with Crippen LogP contribution in [0, 0.1) is 24.2 Å². The lowest BCUT2D eigenvalue weighted by Gasteiger charge is -2.35. The molecule has 0 unspecified atom stereocenters. The molecule has 1 rings (SSSR count). The zero-order chi connectivity index (χ0) is 21.7. The second-order valence-corrected chi connectivity index (χ2v) is 7.77. The largest absolute Gasteiger partial charge is 0.463 e. The van der Waals surface area contributed by atoms with Gasteiger partial charge < -0.3 is 15.4 Å². The number of carbonyl (C=O) groups is 2. The van der Waals surface area contributed by atoms with E-state index in [-0.39, 0.29) is 29.5 Å². The molecule has 1 aromatic heterocycles. The average Bonchev–Trinajstić information content (AvgIpc) is 2.86. The van der Waals surface area contributed by atoms with E-state index in [1.54, 1.807) is 33.0 Å². The number of amides is 1. The molecule has 10 heteroatoms. The number of hydrogen-bond donors (Lipinski definition) is 2. The van der Waals surface area contributed by atoms with Gasteiger partial charge in [0.1, 0.15) is 11.1 Å². The number of esters is 1. The third kappa shape index (κ3) is 4.95. The SMILES string of the molecule is CCOC(=O)[C@@](NC(=O)CC(C)C)(Nc1sc(C)c(CC)c1C#N)C(F)(F)F. The highest BCUT2D eigenvalue weighted by atomic mass is 32.1. The third-order valence-corrected chi connectivity index (χ3v) is 4.97. The van der Waals surface area contributed by atoms with Gasteiger partial charge in [-0.2, -0.15) is 18.4 Å². The fraction of sp³-hybridized carbons (Fsp3) is 0.611. The molecule has 0 saturated carbocycles. The summed E-state index contributed by atoms with van der Waals surface area (Å²) in [5.74, 6) is -2.87. The van der Waals surface area contributed by atoms with E-state index in [4.69, 9.17) is 0 Å². The minimum absolute atomic E-state index is 0.0148. The summed E-state index contributed by atoms with van der Waals surface area (Å²) in [6, 6.07) is 1.88. The molecule has 156 valence electrons. The maximum atomic E-state index is 14.1. The first-order valence-corrected chi connectivity index (χ1v) is 9.60. The van der Waals surface area contributed by atoms with E-state index in [0.717, 1.165) is 11.3 Å². The number of hydrogen-bond acceptors (Lipinski definition) is 6. The Hall–Kier alpha value is -2.28. The molecule has 0 aliphatic rings. The van der Waals surface area contributed by atoms with Crippen LogP contribution in [0.1, 0.15) is 50.1 Å². The van der Waals surface area contributed by atoms with Gasteiger partial charge in [-0.3, -0.25) is 4.79 Å². The van der Waals surface area contributed by atoms with Crippen molar-refractivity contribution < 1.29 is 27.5 Å². The van der Waals surface area contributed by atoms with E-state index in [9.17, 15) is 28.0 Å². The maximum Gasteiger partial charge on any atom is 0.441 e. The van der Waals surface area contributed by atoms with E-state index in [1.165, 1.54) is 6.92 Å². The molecule has 0 aliphatic carbocycles. The molecule has 1 aromatic rings. The molecule has 28 heavy (non-hydrogen) atoms. The maximum absolute atomic E-state index is 14.1. The predicted molar refractivity (Wildman–Crippen MR) is 99.8 cm³/mol. The van der Waals surface area contributed by atoms with E-state index >= 15 is 0 Å². The van der Waals surface area contributed by atoms with Crippen molar-refractivity contribution in [2.45, 2.75) is 59.3 Å². The third-order valence-electron chi connectivity index (χ3n) is 3.90. The molecule has 0 spiro atoms. The van der Waals surface area contributed by atoms with Crippen molar-refractivity contribution in [1.29, 1.82) is 5.26 Å². The zero-order valence-electron chi connectivity index (χ0n) is 16.4. The van der Waals surface area contributed by atoms with Crippen molar-refractivity contribution in [3.8, 4) is 6.07 Å². The number of rotatable bonds is 8. The Labute approximate surface area is 166 Å². The van der Waals surface area contributed by atoms with E-state index < -0.39 is 23.7 Å². The molecule has 1 amide bonds. The van der Waals surface area contributed by atoms with Crippen molar-refractivity contribution in [2.24, 2.45) is 5.92 Å². The Morgan fingerprint density at radius 2 is 1.89 bits per heavy atom. The Morgan fingerprint density at radius 1 is 1.29 bits per heavy atom. The molecule has 0 saturated heterocycles. The van der Waals surface area contributed by atoms with Crippen LogP contribution in [0.3, 0.4) is 0 Å². The average molecular weight is 419 g/mol. The first-order valence-electron chi connectivity index (χ1n) is 8.78. The first-order chi connectivity index (χ1) is 12.9. The van der Waals surface area contributed by atoms with Crippen molar-refractivity contribution in [1.82, 2.24) is 5.32 Å². The van der Waals surface area contributed by atoms with Gasteiger partial charge in [0.25, 0.3) is 0 Å². The Kier molecular flexibility index (Phi) is 7.87. The van der Waals surface area contributed by atoms with Crippen LogP contribution in [0.15, 0.2) is 0 Å². The van der Waals surface area contributed by atoms with Crippen LogP contribution in [0.2, 0.25) is 0 Å². The zero-order valence-corrected chi connectivity index (χ0v) is 17.2. The number of nitrogens with zero attached hydrogens (tertiary/aromatic N) is 1. The molecule has 0 aromatic carbocycles. The summed E-state index contributed by atoms with van der Waals surface area (Å²) >= 11 is 0.917. The van der Waals surface area contributed by atoms with Gasteiger partial charge in [0.2, 0.25) is 5.91 Å². The lowest BCUT2D eigenvalue weighted by atomic mass is 10.1. The Bertz CT molecular complexity index is 769. The summed E-state index contributed by atoms with van der Waals surface area (Å²) in [6.07, 6.45) is -5.00. The summed E-state index contributed by atoms with van der Waals surface area (Å²) in [7, 11) is 0. The highest BCUT2D eigenvalue weighted by Gasteiger charge is 2.64. The number of alkyl halides is 3. The molecule has 0 bridgehead atoms. The second-order valence-electron chi connectivity index (χ2n) is 6.55. The van der Waals surface area contributed by atoms with Crippen molar-refractivity contribution in [2.75, 3.05) is 11.9 Å². The molecule has 2 N–H and O–H groups in total. The lowest BCUT2D eigenvalue weighted by Crippen LogP contribution is -2.69. The normalized spacial score (nSPS) is 13.6. The Morgan fingerprint density at radius 3 is 2.32 bits per heavy atom. The second kappa shape index (κ2) is 9.28. The summed E-state index contributed by atoms with van der Waals surface area (Å²) in [4.78, 5) is 25.2. The van der Waals surface area contributed by atoms with Crippen LogP contribution < -0.4 is 10.6 Å². The molecule has 0 radical (unpaired) electrons. The van der Waals surface area contributed by atoms with Crippen LogP contribution in [-0.4, -0.2) is 30.3 Å². The molecular formula is C18H24F3N3O3S. The molecular weight excluding hydrogens is 395 g/mol. The number of carbonyl (C=O) groups excluding carboxylic acids is 2. The van der Waals surface area contributed by atoms with Crippen LogP contribution in [0.4, 0.5) is 18.2 Å². The molecule has 1 atom stereocenters. The van der Waals surface area contributed by atoms with Gasteiger partial charge in [-0.05, 0) is 31.7 Å². The summed E-state index contributed by atoms with van der Waals surface area (Å²) in [5, 5.41) is 13.2. The van der Waals surface area contributed by atoms with Crippen LogP contribution in [-0.2, 0) is 20.7 Å². The van der Waals surface area contributed by atoms with Gasteiger partial charge in [-0.1, -0.05) is 20.8 Å². The number of aryl methyl sites for hydroxylation is 1. The highest BCUT2D eigenvalue weighted by molar-refractivity contribution is 7.16. The smallest absolute Gasteiger partial charge is 0.441 e.